The van der Waals surface area contributed by atoms with Crippen LogP contribution in [0.25, 0.3) is 0 Å². The minimum absolute atomic E-state index is 0.193. The molecule has 0 bridgehead atoms. The predicted octanol–water partition coefficient (Wildman–Crippen LogP) is 3.85. The minimum Gasteiger partial charge on any atom is -0.485 e. The monoisotopic (exact) mass is 531 g/mol. The Morgan fingerprint density at radius 3 is 2.95 bits per heavy atom. The van der Waals surface area contributed by atoms with Gasteiger partial charge in [-0.3, -0.25) is 9.69 Å². The number of ether oxygens (including phenoxy) is 1. The summed E-state index contributed by atoms with van der Waals surface area (Å²) >= 11 is 0. The molecule has 0 saturated heterocycles. The van der Waals surface area contributed by atoms with Crippen molar-refractivity contribution in [2.45, 2.75) is 70.7 Å². The van der Waals surface area contributed by atoms with Gasteiger partial charge in [0.15, 0.2) is 12.2 Å². The number of amides is 1. The number of carbonyl (C=O) groups excluding carboxylic acids is 1. The number of rotatable bonds is 10. The third-order valence-corrected chi connectivity index (χ3v) is 8.69. The lowest BCUT2D eigenvalue weighted by Gasteiger charge is -2.54. The number of hydrogen-bond acceptors (Lipinski definition) is 8. The Morgan fingerprint density at radius 2 is 2.18 bits per heavy atom. The molecule has 6 rings (SSSR count). The van der Waals surface area contributed by atoms with E-state index in [4.69, 9.17) is 9.15 Å². The summed E-state index contributed by atoms with van der Waals surface area (Å²) in [5.41, 5.74) is 4.84. The van der Waals surface area contributed by atoms with Gasteiger partial charge in [0, 0.05) is 44.0 Å². The summed E-state index contributed by atoms with van der Waals surface area (Å²) in [6.07, 6.45) is 11.4. The summed E-state index contributed by atoms with van der Waals surface area (Å²) in [4.78, 5) is 23.3. The molecule has 3 aromatic rings. The fourth-order valence-electron chi connectivity index (χ4n) is 6.36. The Kier molecular flexibility index (Phi) is 7.27. The number of aliphatic hydroxyl groups is 1. The second-order valence-electron chi connectivity index (χ2n) is 11.5. The van der Waals surface area contributed by atoms with Crippen LogP contribution in [0.1, 0.15) is 64.9 Å². The molecule has 39 heavy (non-hydrogen) atoms. The van der Waals surface area contributed by atoms with Crippen molar-refractivity contribution in [3.8, 4) is 5.75 Å². The van der Waals surface area contributed by atoms with E-state index in [-0.39, 0.29) is 12.5 Å². The molecule has 0 radical (unpaired) electrons. The van der Waals surface area contributed by atoms with Gasteiger partial charge in [0.05, 0.1) is 12.3 Å². The number of pyridine rings is 1. The van der Waals surface area contributed by atoms with Gasteiger partial charge in [-0.2, -0.15) is 0 Å². The van der Waals surface area contributed by atoms with E-state index in [0.29, 0.717) is 35.9 Å². The molecule has 2 saturated carbocycles. The number of aromatic nitrogens is 2. The Balaban J connectivity index is 0.962. The van der Waals surface area contributed by atoms with Crippen LogP contribution in [-0.2, 0) is 19.6 Å². The van der Waals surface area contributed by atoms with Crippen molar-refractivity contribution < 1.29 is 19.1 Å². The summed E-state index contributed by atoms with van der Waals surface area (Å²) in [6, 6.07) is 8.08. The molecule has 206 valence electrons. The topological polar surface area (TPSA) is 113 Å². The van der Waals surface area contributed by atoms with Gasteiger partial charge in [-0.1, -0.05) is 12.5 Å². The molecular weight excluding hydrogens is 494 g/mol. The maximum Gasteiger partial charge on any atom is 0.251 e. The number of nitrogens with zero attached hydrogens (tertiary/aromatic N) is 3. The standard InChI is InChI=1S/C30H37N5O4/c1-20-26-6-10-35(16-22(26)3-4-27(20)38-18-25-15-31-19-39-25)17-24(36)14-33-29(37)21-5-9-32-28(11-21)34-23-12-30(13-23)7-2-8-30/h3-5,9,11,15,19,23-24,36H,2,6-8,10,12-14,16-18H2,1H3,(H,32,34)(H,33,37)/t24-/m0/s1. The number of β-amino-alcohol motifs (C(OH)–C–C–N with tert-alkyl or cyclic N) is 1. The average molecular weight is 532 g/mol. The number of fused-ring (bicyclic) bond motifs is 1. The zero-order valence-electron chi connectivity index (χ0n) is 22.5. The molecule has 1 aliphatic heterocycles. The maximum absolute atomic E-state index is 12.8. The van der Waals surface area contributed by atoms with Crippen molar-refractivity contribution in [2.75, 3.05) is 25.0 Å². The Bertz CT molecular complexity index is 1300. The lowest BCUT2D eigenvalue weighted by atomic mass is 9.54. The maximum atomic E-state index is 12.8. The Hall–Kier alpha value is -3.43. The predicted molar refractivity (Wildman–Crippen MR) is 147 cm³/mol. The van der Waals surface area contributed by atoms with Crippen LogP contribution < -0.4 is 15.4 Å². The first-order valence-electron chi connectivity index (χ1n) is 14.0. The van der Waals surface area contributed by atoms with E-state index in [1.807, 2.05) is 6.07 Å². The van der Waals surface area contributed by atoms with Crippen LogP contribution in [0.5, 0.6) is 5.75 Å². The van der Waals surface area contributed by atoms with Crippen molar-refractivity contribution in [2.24, 2.45) is 5.41 Å². The largest absolute Gasteiger partial charge is 0.485 e. The molecule has 1 atom stereocenters. The number of benzene rings is 1. The van der Waals surface area contributed by atoms with Gasteiger partial charge in [-0.15, -0.1) is 0 Å². The van der Waals surface area contributed by atoms with Gasteiger partial charge in [0.25, 0.3) is 5.91 Å². The highest BCUT2D eigenvalue weighted by atomic mass is 16.5. The highest BCUT2D eigenvalue weighted by molar-refractivity contribution is 5.94. The molecular formula is C30H37N5O4. The van der Waals surface area contributed by atoms with Crippen molar-refractivity contribution in [1.82, 2.24) is 20.2 Å². The van der Waals surface area contributed by atoms with E-state index in [0.717, 1.165) is 36.6 Å². The molecule has 2 aliphatic carbocycles. The van der Waals surface area contributed by atoms with E-state index >= 15 is 0 Å². The van der Waals surface area contributed by atoms with Crippen LogP contribution in [0.15, 0.2) is 47.5 Å². The summed E-state index contributed by atoms with van der Waals surface area (Å²) < 4.78 is 11.2. The van der Waals surface area contributed by atoms with Crippen molar-refractivity contribution in [3.63, 3.8) is 0 Å². The van der Waals surface area contributed by atoms with Crippen LogP contribution in [0, 0.1) is 12.3 Å². The first kappa shape index (κ1) is 25.8. The van der Waals surface area contributed by atoms with Crippen LogP contribution in [-0.4, -0.2) is 57.7 Å². The average Bonchev–Trinajstić information content (AvgIpc) is 3.41. The number of carbonyl (C=O) groups is 1. The Labute approximate surface area is 229 Å². The molecule has 2 aromatic heterocycles. The summed E-state index contributed by atoms with van der Waals surface area (Å²) in [5.74, 6) is 2.10. The quantitative estimate of drug-likeness (QED) is 0.362. The van der Waals surface area contributed by atoms with E-state index < -0.39 is 6.10 Å². The van der Waals surface area contributed by atoms with Crippen LogP contribution in [0.2, 0.25) is 0 Å². The third-order valence-electron chi connectivity index (χ3n) is 8.69. The van der Waals surface area contributed by atoms with Gasteiger partial charge in [0.1, 0.15) is 18.2 Å². The van der Waals surface area contributed by atoms with E-state index in [1.165, 1.54) is 49.6 Å². The van der Waals surface area contributed by atoms with E-state index in [1.54, 1.807) is 24.5 Å². The van der Waals surface area contributed by atoms with Crippen LogP contribution >= 0.6 is 0 Å². The molecule has 0 unspecified atom stereocenters. The van der Waals surface area contributed by atoms with Gasteiger partial charge >= 0.3 is 0 Å². The molecule has 3 heterocycles. The number of anilines is 1. The zero-order valence-corrected chi connectivity index (χ0v) is 22.5. The Morgan fingerprint density at radius 1 is 1.31 bits per heavy atom. The normalized spacial score (nSPS) is 19.0. The van der Waals surface area contributed by atoms with Crippen LogP contribution in [0.3, 0.4) is 0 Å². The lowest BCUT2D eigenvalue weighted by Crippen LogP contribution is -2.49. The second kappa shape index (κ2) is 11.0. The third kappa shape index (κ3) is 5.79. The van der Waals surface area contributed by atoms with Gasteiger partial charge in [-0.05, 0) is 79.3 Å². The molecule has 9 heteroatoms. The number of nitrogens with one attached hydrogen (secondary N) is 2. The lowest BCUT2D eigenvalue weighted by molar-refractivity contribution is 0.0191. The SMILES string of the molecule is Cc1c(OCc2cnco2)ccc2c1CCN(C[C@@H](O)CNC(=O)c1ccnc(NC3CC4(CCC4)C3)c1)C2. The first-order valence-corrected chi connectivity index (χ1v) is 14.0. The fourth-order valence-corrected chi connectivity index (χ4v) is 6.36. The zero-order chi connectivity index (χ0) is 26.8. The number of aliphatic hydroxyl groups excluding tert-OH is 1. The summed E-state index contributed by atoms with van der Waals surface area (Å²) in [7, 11) is 0. The molecule has 1 aromatic carbocycles. The summed E-state index contributed by atoms with van der Waals surface area (Å²) in [6.45, 7) is 4.73. The highest BCUT2D eigenvalue weighted by Gasteiger charge is 2.48. The van der Waals surface area contributed by atoms with Crippen LogP contribution in [0.4, 0.5) is 5.82 Å². The van der Waals surface area contributed by atoms with E-state index in [9.17, 15) is 9.90 Å². The second-order valence-corrected chi connectivity index (χ2v) is 11.5. The molecule has 3 aliphatic rings. The molecule has 2 fully saturated rings. The number of oxazole rings is 1. The minimum atomic E-state index is -0.658. The van der Waals surface area contributed by atoms with Gasteiger partial charge in [-0.25, -0.2) is 9.97 Å². The summed E-state index contributed by atoms with van der Waals surface area (Å²) in [5, 5.41) is 17.1. The van der Waals surface area contributed by atoms with Gasteiger partial charge < -0.3 is 24.9 Å². The molecule has 1 spiro atoms. The van der Waals surface area contributed by atoms with Gasteiger partial charge in [0.2, 0.25) is 0 Å². The molecule has 9 nitrogen and oxygen atoms in total. The fraction of sp³-hybridized carbons (Fsp3) is 0.500. The van der Waals surface area contributed by atoms with Crippen molar-refractivity contribution in [1.29, 1.82) is 0 Å². The van der Waals surface area contributed by atoms with E-state index in [2.05, 4.69) is 38.5 Å². The van der Waals surface area contributed by atoms with Crippen molar-refractivity contribution in [3.05, 3.63) is 71.1 Å². The smallest absolute Gasteiger partial charge is 0.251 e. The number of hydrogen-bond donors (Lipinski definition) is 3. The molecule has 3 N–H and O–H groups in total. The first-order chi connectivity index (χ1) is 19.0. The van der Waals surface area contributed by atoms with Crippen molar-refractivity contribution >= 4 is 11.7 Å². The molecule has 1 amide bonds. The highest BCUT2D eigenvalue weighted by Crippen LogP contribution is 2.56.